The Morgan fingerprint density at radius 3 is 2.26 bits per heavy atom. The molecular weight excluding hydrogens is 457 g/mol. The number of alkyl halides is 3. The number of carbonyl (C=O) groups excluding carboxylic acids is 1. The number of nitrogens with zero attached hydrogens (tertiary/aromatic N) is 2. The van der Waals surface area contributed by atoms with Gasteiger partial charge in [-0.25, -0.2) is 0 Å². The van der Waals surface area contributed by atoms with Gasteiger partial charge in [-0.05, 0) is 37.6 Å². The number of esters is 1. The SMILES string of the molecule is CC(C)(Cn1nc(-c2ccccc2)c2cc(OCc3ccccc3)ccc21)C(=O)OCC(F)(F)F. The largest absolute Gasteiger partial charge is 0.489 e. The molecule has 4 rings (SSSR count). The highest BCUT2D eigenvalue weighted by Crippen LogP contribution is 2.33. The summed E-state index contributed by atoms with van der Waals surface area (Å²) in [6.07, 6.45) is -4.58. The molecule has 0 aliphatic rings. The Morgan fingerprint density at radius 1 is 0.943 bits per heavy atom. The molecule has 0 N–H and O–H groups in total. The lowest BCUT2D eigenvalue weighted by atomic mass is 9.94. The zero-order valence-electron chi connectivity index (χ0n) is 19.4. The average Bonchev–Trinajstić information content (AvgIpc) is 3.19. The van der Waals surface area contributed by atoms with E-state index < -0.39 is 24.2 Å². The lowest BCUT2D eigenvalue weighted by Crippen LogP contribution is -2.34. The number of ether oxygens (including phenoxy) is 2. The zero-order chi connectivity index (χ0) is 25.1. The first-order valence-electron chi connectivity index (χ1n) is 11.1. The number of fused-ring (bicyclic) bond motifs is 1. The quantitative estimate of drug-likeness (QED) is 0.272. The van der Waals surface area contributed by atoms with Crippen molar-refractivity contribution in [1.82, 2.24) is 9.78 Å². The van der Waals surface area contributed by atoms with Crippen LogP contribution in [0.4, 0.5) is 13.2 Å². The van der Waals surface area contributed by atoms with Gasteiger partial charge in [0.15, 0.2) is 6.61 Å². The molecule has 0 atom stereocenters. The predicted octanol–water partition coefficient (Wildman–Crippen LogP) is 6.41. The molecule has 1 aromatic heterocycles. The monoisotopic (exact) mass is 482 g/mol. The molecule has 8 heteroatoms. The summed E-state index contributed by atoms with van der Waals surface area (Å²) in [6, 6.07) is 24.9. The minimum atomic E-state index is -4.58. The Kier molecular flexibility index (Phi) is 6.82. The van der Waals surface area contributed by atoms with Crippen molar-refractivity contribution >= 4 is 16.9 Å². The Balaban J connectivity index is 1.65. The van der Waals surface area contributed by atoms with E-state index in [1.807, 2.05) is 78.9 Å². The number of halogens is 3. The minimum absolute atomic E-state index is 0.0389. The molecule has 4 aromatic rings. The highest BCUT2D eigenvalue weighted by molar-refractivity contribution is 5.94. The van der Waals surface area contributed by atoms with Crippen LogP contribution < -0.4 is 4.74 Å². The van der Waals surface area contributed by atoms with E-state index in [0.717, 1.165) is 22.0 Å². The molecule has 0 aliphatic heterocycles. The van der Waals surface area contributed by atoms with Gasteiger partial charge in [-0.2, -0.15) is 18.3 Å². The van der Waals surface area contributed by atoms with Crippen LogP contribution >= 0.6 is 0 Å². The fourth-order valence-electron chi connectivity index (χ4n) is 3.70. The third-order valence-corrected chi connectivity index (χ3v) is 5.48. The summed E-state index contributed by atoms with van der Waals surface area (Å²) < 4.78 is 49.7. The second-order valence-corrected chi connectivity index (χ2v) is 8.90. The lowest BCUT2D eigenvalue weighted by Gasteiger charge is -2.23. The second kappa shape index (κ2) is 9.82. The van der Waals surface area contributed by atoms with Crippen molar-refractivity contribution in [3.8, 4) is 17.0 Å². The zero-order valence-corrected chi connectivity index (χ0v) is 19.4. The van der Waals surface area contributed by atoms with Gasteiger partial charge in [-0.15, -0.1) is 0 Å². The number of hydrogen-bond donors (Lipinski definition) is 0. The van der Waals surface area contributed by atoms with Gasteiger partial charge in [-0.1, -0.05) is 60.7 Å². The second-order valence-electron chi connectivity index (χ2n) is 8.90. The van der Waals surface area contributed by atoms with Crippen LogP contribution in [0.2, 0.25) is 0 Å². The smallest absolute Gasteiger partial charge is 0.422 e. The van der Waals surface area contributed by atoms with E-state index in [9.17, 15) is 18.0 Å². The van der Waals surface area contributed by atoms with E-state index in [-0.39, 0.29) is 6.54 Å². The van der Waals surface area contributed by atoms with E-state index >= 15 is 0 Å². The number of carbonyl (C=O) groups is 1. The van der Waals surface area contributed by atoms with Crippen molar-refractivity contribution in [2.45, 2.75) is 33.2 Å². The van der Waals surface area contributed by atoms with Gasteiger partial charge in [0.05, 0.1) is 17.5 Å². The van der Waals surface area contributed by atoms with Crippen molar-refractivity contribution < 1.29 is 27.4 Å². The van der Waals surface area contributed by atoms with Gasteiger partial charge in [0.25, 0.3) is 0 Å². The maximum absolute atomic E-state index is 12.5. The van der Waals surface area contributed by atoms with Crippen molar-refractivity contribution in [2.75, 3.05) is 6.61 Å². The highest BCUT2D eigenvalue weighted by atomic mass is 19.4. The third kappa shape index (κ3) is 6.01. The molecule has 0 bridgehead atoms. The van der Waals surface area contributed by atoms with E-state index in [2.05, 4.69) is 4.74 Å². The van der Waals surface area contributed by atoms with Crippen molar-refractivity contribution in [3.05, 3.63) is 84.4 Å². The Hall–Kier alpha value is -3.81. The van der Waals surface area contributed by atoms with E-state index in [1.54, 1.807) is 18.5 Å². The topological polar surface area (TPSA) is 53.4 Å². The normalized spacial score (nSPS) is 12.0. The lowest BCUT2D eigenvalue weighted by molar-refractivity contribution is -0.193. The Morgan fingerprint density at radius 2 is 1.60 bits per heavy atom. The molecule has 1 heterocycles. The van der Waals surface area contributed by atoms with Crippen molar-refractivity contribution in [2.24, 2.45) is 5.41 Å². The van der Waals surface area contributed by atoms with Crippen LogP contribution in [0.15, 0.2) is 78.9 Å². The maximum Gasteiger partial charge on any atom is 0.422 e. The summed E-state index contributed by atoms with van der Waals surface area (Å²) in [5.74, 6) is -0.288. The number of hydrogen-bond acceptors (Lipinski definition) is 4. The van der Waals surface area contributed by atoms with Gasteiger partial charge in [0, 0.05) is 10.9 Å². The molecular formula is C27H25F3N2O3. The van der Waals surface area contributed by atoms with Crippen LogP contribution in [0.1, 0.15) is 19.4 Å². The summed E-state index contributed by atoms with van der Waals surface area (Å²) >= 11 is 0. The molecule has 0 fully saturated rings. The molecule has 5 nitrogen and oxygen atoms in total. The molecule has 0 saturated carbocycles. The molecule has 3 aromatic carbocycles. The maximum atomic E-state index is 12.5. The summed E-state index contributed by atoms with van der Waals surface area (Å²) in [7, 11) is 0. The number of aromatic nitrogens is 2. The highest BCUT2D eigenvalue weighted by Gasteiger charge is 2.36. The predicted molar refractivity (Wildman–Crippen MR) is 127 cm³/mol. The molecule has 182 valence electrons. The number of benzene rings is 3. The Bertz CT molecular complexity index is 1300. The van der Waals surface area contributed by atoms with Crippen LogP contribution in [0.25, 0.3) is 22.2 Å². The fourth-order valence-corrected chi connectivity index (χ4v) is 3.70. The van der Waals surface area contributed by atoms with Crippen LogP contribution in [0.5, 0.6) is 5.75 Å². The molecule has 0 spiro atoms. The molecule has 0 saturated heterocycles. The summed E-state index contributed by atoms with van der Waals surface area (Å²) in [6.45, 7) is 1.90. The molecule has 0 unspecified atom stereocenters. The van der Waals surface area contributed by atoms with E-state index in [0.29, 0.717) is 18.1 Å². The van der Waals surface area contributed by atoms with Crippen LogP contribution in [0.3, 0.4) is 0 Å². The van der Waals surface area contributed by atoms with Gasteiger partial charge < -0.3 is 9.47 Å². The van der Waals surface area contributed by atoms with Gasteiger partial charge in [-0.3, -0.25) is 9.48 Å². The number of rotatable bonds is 8. The minimum Gasteiger partial charge on any atom is -0.489 e. The molecule has 35 heavy (non-hydrogen) atoms. The van der Waals surface area contributed by atoms with Crippen molar-refractivity contribution in [3.63, 3.8) is 0 Å². The molecule has 0 amide bonds. The Labute approximate surface area is 201 Å². The van der Waals surface area contributed by atoms with Gasteiger partial charge >= 0.3 is 12.1 Å². The van der Waals surface area contributed by atoms with Gasteiger partial charge in [0.2, 0.25) is 0 Å². The van der Waals surface area contributed by atoms with Crippen LogP contribution in [-0.4, -0.2) is 28.5 Å². The first kappa shape index (κ1) is 24.3. The third-order valence-electron chi connectivity index (χ3n) is 5.48. The molecule has 0 aliphatic carbocycles. The van der Waals surface area contributed by atoms with Gasteiger partial charge in [0.1, 0.15) is 18.1 Å². The van der Waals surface area contributed by atoms with E-state index in [4.69, 9.17) is 9.84 Å². The van der Waals surface area contributed by atoms with Crippen molar-refractivity contribution in [1.29, 1.82) is 0 Å². The standard InChI is InChI=1S/C27H25F3N2O3/c1-26(2,25(33)35-18-27(28,29)30)17-32-23-14-13-21(34-16-19-9-5-3-6-10-19)15-22(23)24(31-32)20-11-7-4-8-12-20/h3-15H,16-18H2,1-2H3. The summed E-state index contributed by atoms with van der Waals surface area (Å²) in [4.78, 5) is 12.4. The summed E-state index contributed by atoms with van der Waals surface area (Å²) in [5.41, 5.74) is 2.08. The fraction of sp³-hybridized carbons (Fsp3) is 0.259. The van der Waals surface area contributed by atoms with E-state index in [1.165, 1.54) is 0 Å². The average molecular weight is 483 g/mol. The summed E-state index contributed by atoms with van der Waals surface area (Å²) in [5, 5.41) is 5.53. The first-order valence-corrected chi connectivity index (χ1v) is 11.1. The first-order chi connectivity index (χ1) is 16.6. The molecule has 0 radical (unpaired) electrons. The van der Waals surface area contributed by atoms with Crippen LogP contribution in [-0.2, 0) is 22.7 Å². The van der Waals surface area contributed by atoms with Crippen LogP contribution in [0, 0.1) is 5.41 Å².